The van der Waals surface area contributed by atoms with Crippen molar-refractivity contribution in [3.8, 4) is 0 Å². The smallest absolute Gasteiger partial charge is 0.857 e. The topological polar surface area (TPSA) is 65.0 Å². The Balaban J connectivity index is -0.0000000922. The number of methoxy groups -OCH3 is 1. The Morgan fingerprint density at radius 3 is 1.82 bits per heavy atom. The summed E-state index contributed by atoms with van der Waals surface area (Å²) in [6.07, 6.45) is 0. The Kier molecular flexibility index (Phi) is 37.5. The first kappa shape index (κ1) is 18.3. The second-order valence-electron chi connectivity index (χ2n) is 1.33. The average molecular weight is 190 g/mol. The van der Waals surface area contributed by atoms with Crippen molar-refractivity contribution in [2.45, 2.75) is 0 Å². The van der Waals surface area contributed by atoms with Crippen LogP contribution < -0.4 is 56.5 Å². The molecule has 0 bridgehead atoms. The first-order valence-corrected chi connectivity index (χ1v) is 3.00. The third-order valence-corrected chi connectivity index (χ3v) is 0.500. The van der Waals surface area contributed by atoms with E-state index >= 15 is 0 Å². The van der Waals surface area contributed by atoms with Crippen molar-refractivity contribution in [1.82, 2.24) is 0 Å². The van der Waals surface area contributed by atoms with E-state index in [1.807, 2.05) is 0 Å². The second-order valence-corrected chi connectivity index (χ2v) is 1.33. The van der Waals surface area contributed by atoms with E-state index in [9.17, 15) is 0 Å². The summed E-state index contributed by atoms with van der Waals surface area (Å²) in [6.45, 7) is 2.57. The quantitative estimate of drug-likeness (QED) is 0.353. The number of rotatable bonds is 2. The Hall–Kier alpha value is 1.48. The van der Waals surface area contributed by atoms with Crippen LogP contribution in [-0.2, 0) is 9.47 Å². The number of aliphatic hydroxyl groups excluding tert-OH is 1. The maximum absolute atomic E-state index is 8.25. The van der Waals surface area contributed by atoms with Crippen molar-refractivity contribution < 1.29 is 71.1 Å². The van der Waals surface area contributed by atoms with Crippen LogP contribution in [0.1, 0.15) is 0 Å². The minimum Gasteiger partial charge on any atom is -0.857 e. The van der Waals surface area contributed by atoms with Gasteiger partial charge in [-0.2, -0.15) is 7.11 Å². The molecule has 1 fully saturated rings. The molecule has 0 aromatic heterocycles. The molecule has 0 unspecified atom stereocenters. The van der Waals surface area contributed by atoms with E-state index in [1.165, 1.54) is 0 Å². The summed E-state index contributed by atoms with van der Waals surface area (Å²) in [7, 11) is 2.30. The molecular weight excluding hydrogens is 175 g/mol. The Morgan fingerprint density at radius 1 is 1.45 bits per heavy atom. The van der Waals surface area contributed by atoms with Gasteiger partial charge in [-0.25, -0.2) is 0 Å². The summed E-state index contributed by atoms with van der Waals surface area (Å²) in [5.41, 5.74) is 0. The summed E-state index contributed by atoms with van der Waals surface area (Å²) >= 11 is 0. The first-order valence-electron chi connectivity index (χ1n) is 3.00. The first-order chi connectivity index (χ1) is 4.91. The van der Waals surface area contributed by atoms with E-state index in [1.54, 1.807) is 7.11 Å². The molecule has 1 aliphatic rings. The molecule has 0 aliphatic carbocycles. The minimum absolute atomic E-state index is 0. The average Bonchev–Trinajstić information content (AvgIpc) is 2.79. The van der Waals surface area contributed by atoms with Crippen LogP contribution in [0, 0.1) is 0 Å². The minimum atomic E-state index is 0. The number of hydrogen-bond donors (Lipinski definition) is 1. The fraction of sp³-hybridized carbons (Fsp3) is 1.00. The van der Waals surface area contributed by atoms with Gasteiger partial charge in [0.2, 0.25) is 0 Å². The van der Waals surface area contributed by atoms with Crippen LogP contribution in [0.4, 0.5) is 0 Å². The normalized spacial score (nSPS) is 10.9. The maximum Gasteiger partial charge on any atom is 1.00 e. The number of aliphatic hydroxyl groups is 1. The van der Waals surface area contributed by atoms with Crippen LogP contribution in [0.2, 0.25) is 0 Å². The van der Waals surface area contributed by atoms with Crippen LogP contribution >= 0.6 is 0 Å². The fourth-order valence-corrected chi connectivity index (χ4v) is 0.0913. The second kappa shape index (κ2) is 22.5. The van der Waals surface area contributed by atoms with E-state index in [4.69, 9.17) is 10.2 Å². The summed E-state index contributed by atoms with van der Waals surface area (Å²) in [4.78, 5) is 0. The molecule has 1 rings (SSSR count). The molecule has 0 amide bonds. The molecule has 1 heterocycles. The van der Waals surface area contributed by atoms with Crippen LogP contribution in [0.25, 0.3) is 0 Å². The van der Waals surface area contributed by atoms with Crippen LogP contribution in [0.3, 0.4) is 0 Å². The van der Waals surface area contributed by atoms with Crippen molar-refractivity contribution in [3.63, 3.8) is 0 Å². The van der Waals surface area contributed by atoms with Gasteiger partial charge in [0.15, 0.2) is 0 Å². The largest absolute Gasteiger partial charge is 1.00 e. The van der Waals surface area contributed by atoms with Gasteiger partial charge in [0.1, 0.15) is 0 Å². The monoisotopic (exact) mass is 190 g/mol. The zero-order chi connectivity index (χ0) is 8.24. The number of ether oxygens (including phenoxy) is 2. The molecule has 4 nitrogen and oxygen atoms in total. The number of epoxide rings is 1. The zero-order valence-electron chi connectivity index (χ0n) is 7.50. The Bertz CT molecular complexity index is 38.8. The zero-order valence-corrected chi connectivity index (χ0v) is 10.6. The molecule has 5 heteroatoms. The van der Waals surface area contributed by atoms with Crippen molar-refractivity contribution in [2.24, 2.45) is 0 Å². The summed E-state index contributed by atoms with van der Waals surface area (Å²) in [6, 6.07) is 0. The molecule has 1 saturated heterocycles. The molecule has 0 spiro atoms. The van der Waals surface area contributed by atoms with Crippen molar-refractivity contribution >= 4 is 0 Å². The summed E-state index contributed by atoms with van der Waals surface area (Å²) < 4.78 is 8.94. The fourth-order valence-electron chi connectivity index (χ4n) is 0.0913. The molecule has 0 aromatic carbocycles. The van der Waals surface area contributed by atoms with E-state index in [2.05, 4.69) is 9.47 Å². The van der Waals surface area contributed by atoms with E-state index in [0.717, 1.165) is 20.3 Å². The Morgan fingerprint density at radius 2 is 1.82 bits per heavy atom. The van der Waals surface area contributed by atoms with Gasteiger partial charge in [0.25, 0.3) is 0 Å². The molecule has 0 aromatic rings. The predicted octanol–water partition coefficient (Wildman–Crippen LogP) is -4.38. The standard InChI is InChI=1S/C3H8O2.C2H4O.CH3O.K/c1-5-3-2-4;1-2-3-1;1-2;/h4H,2-3H2,1H3;1-2H2;1H3;/q;;-1;+1. The predicted molar refractivity (Wildman–Crippen MR) is 35.7 cm³/mol. The van der Waals surface area contributed by atoms with Gasteiger partial charge in [-0.05, 0) is 0 Å². The van der Waals surface area contributed by atoms with E-state index < -0.39 is 0 Å². The van der Waals surface area contributed by atoms with Gasteiger partial charge >= 0.3 is 51.4 Å². The van der Waals surface area contributed by atoms with Gasteiger partial charge in [-0.1, -0.05) is 0 Å². The molecule has 1 N–H and O–H groups in total. The molecule has 64 valence electrons. The maximum atomic E-state index is 8.25. The summed E-state index contributed by atoms with van der Waals surface area (Å²) in [5.74, 6) is 0. The molecule has 0 radical (unpaired) electrons. The van der Waals surface area contributed by atoms with Crippen molar-refractivity contribution in [3.05, 3.63) is 0 Å². The number of hydrogen-bond acceptors (Lipinski definition) is 4. The van der Waals surface area contributed by atoms with Crippen molar-refractivity contribution in [1.29, 1.82) is 0 Å². The van der Waals surface area contributed by atoms with Crippen LogP contribution in [0.5, 0.6) is 0 Å². The SMILES string of the molecule is C1CO1.COCCO.C[O-].[K+]. The van der Waals surface area contributed by atoms with Gasteiger partial charge in [-0.3, -0.25) is 0 Å². The molecule has 11 heavy (non-hydrogen) atoms. The van der Waals surface area contributed by atoms with Crippen molar-refractivity contribution in [2.75, 3.05) is 40.6 Å². The third-order valence-electron chi connectivity index (χ3n) is 0.500. The molecule has 1 aliphatic heterocycles. The van der Waals surface area contributed by atoms with Gasteiger partial charge in [0, 0.05) is 7.11 Å². The molecular formula is C6H15KO4. The van der Waals surface area contributed by atoms with Gasteiger partial charge in [0.05, 0.1) is 26.4 Å². The summed E-state index contributed by atoms with van der Waals surface area (Å²) in [5, 5.41) is 16.2. The molecule has 0 atom stereocenters. The van der Waals surface area contributed by atoms with E-state index in [0.29, 0.717) is 6.61 Å². The van der Waals surface area contributed by atoms with Crippen LogP contribution in [0.15, 0.2) is 0 Å². The van der Waals surface area contributed by atoms with E-state index in [-0.39, 0.29) is 58.0 Å². The van der Waals surface area contributed by atoms with Crippen LogP contribution in [-0.4, -0.2) is 45.8 Å². The molecule has 0 saturated carbocycles. The van der Waals surface area contributed by atoms with Gasteiger partial charge in [-0.15, -0.1) is 0 Å². The Labute approximate surface area is 110 Å². The third kappa shape index (κ3) is 51.4. The van der Waals surface area contributed by atoms with Gasteiger partial charge < -0.3 is 19.7 Å².